The molecule has 21 heavy (non-hydrogen) atoms. The SMILES string of the molecule is Cc1ccc(OCC(O)CNC(C)C2CCOCC2)cc1. The predicted molar refractivity (Wildman–Crippen MR) is 83.7 cm³/mol. The van der Waals surface area contributed by atoms with E-state index in [9.17, 15) is 5.11 Å². The Morgan fingerprint density at radius 2 is 1.95 bits per heavy atom. The summed E-state index contributed by atoms with van der Waals surface area (Å²) >= 11 is 0. The van der Waals surface area contributed by atoms with Gasteiger partial charge in [0.25, 0.3) is 0 Å². The van der Waals surface area contributed by atoms with Gasteiger partial charge in [0, 0.05) is 25.8 Å². The van der Waals surface area contributed by atoms with E-state index in [2.05, 4.69) is 12.2 Å². The van der Waals surface area contributed by atoms with Crippen LogP contribution in [-0.2, 0) is 4.74 Å². The number of hydrogen-bond donors (Lipinski definition) is 2. The van der Waals surface area contributed by atoms with Crippen LogP contribution in [0.5, 0.6) is 5.75 Å². The van der Waals surface area contributed by atoms with E-state index in [0.717, 1.165) is 31.8 Å². The minimum absolute atomic E-state index is 0.316. The van der Waals surface area contributed by atoms with Crippen molar-refractivity contribution in [3.05, 3.63) is 29.8 Å². The van der Waals surface area contributed by atoms with Crippen molar-refractivity contribution in [1.82, 2.24) is 5.32 Å². The quantitative estimate of drug-likeness (QED) is 0.809. The third-order valence-corrected chi connectivity index (χ3v) is 4.11. The normalized spacial score (nSPS) is 19.2. The van der Waals surface area contributed by atoms with Gasteiger partial charge in [0.2, 0.25) is 0 Å². The summed E-state index contributed by atoms with van der Waals surface area (Å²) in [6.07, 6.45) is 1.71. The predicted octanol–water partition coefficient (Wildman–Crippen LogP) is 2.14. The highest BCUT2D eigenvalue weighted by Gasteiger charge is 2.20. The van der Waals surface area contributed by atoms with Gasteiger partial charge >= 0.3 is 0 Å². The summed E-state index contributed by atoms with van der Waals surface area (Å²) in [5, 5.41) is 13.4. The van der Waals surface area contributed by atoms with E-state index in [-0.39, 0.29) is 0 Å². The van der Waals surface area contributed by atoms with Gasteiger partial charge in [0.1, 0.15) is 18.5 Å². The Morgan fingerprint density at radius 3 is 2.62 bits per heavy atom. The first-order chi connectivity index (χ1) is 10.1. The van der Waals surface area contributed by atoms with Crippen LogP contribution in [0.3, 0.4) is 0 Å². The molecule has 0 bridgehead atoms. The van der Waals surface area contributed by atoms with Crippen LogP contribution in [0.2, 0.25) is 0 Å². The van der Waals surface area contributed by atoms with Gasteiger partial charge in [-0.2, -0.15) is 0 Å². The summed E-state index contributed by atoms with van der Waals surface area (Å²) in [5.41, 5.74) is 1.20. The van der Waals surface area contributed by atoms with Crippen molar-refractivity contribution in [2.24, 2.45) is 5.92 Å². The van der Waals surface area contributed by atoms with Gasteiger partial charge in [0.15, 0.2) is 0 Å². The highest BCUT2D eigenvalue weighted by molar-refractivity contribution is 5.26. The summed E-state index contributed by atoms with van der Waals surface area (Å²) in [7, 11) is 0. The van der Waals surface area contributed by atoms with Crippen molar-refractivity contribution >= 4 is 0 Å². The summed E-state index contributed by atoms with van der Waals surface area (Å²) < 4.78 is 11.0. The molecule has 0 spiro atoms. The standard InChI is InChI=1S/C17H27NO3/c1-13-3-5-17(6-4-13)21-12-16(19)11-18-14(2)15-7-9-20-10-8-15/h3-6,14-16,18-19H,7-12H2,1-2H3. The van der Waals surface area contributed by atoms with Gasteiger partial charge < -0.3 is 19.9 Å². The lowest BCUT2D eigenvalue weighted by Crippen LogP contribution is -2.41. The Balaban J connectivity index is 1.64. The van der Waals surface area contributed by atoms with E-state index in [0.29, 0.717) is 25.1 Å². The molecule has 2 unspecified atom stereocenters. The topological polar surface area (TPSA) is 50.7 Å². The fourth-order valence-corrected chi connectivity index (χ4v) is 2.59. The van der Waals surface area contributed by atoms with Gasteiger partial charge in [0.05, 0.1) is 0 Å². The number of aryl methyl sites for hydroxylation is 1. The minimum atomic E-state index is -0.492. The Bertz CT molecular complexity index is 401. The fourth-order valence-electron chi connectivity index (χ4n) is 2.59. The molecular weight excluding hydrogens is 266 g/mol. The first kappa shape index (κ1) is 16.3. The van der Waals surface area contributed by atoms with Crippen LogP contribution in [0.25, 0.3) is 0 Å². The maximum absolute atomic E-state index is 10.0. The van der Waals surface area contributed by atoms with Crippen LogP contribution in [0.4, 0.5) is 0 Å². The number of aliphatic hydroxyl groups is 1. The lowest BCUT2D eigenvalue weighted by molar-refractivity contribution is 0.0512. The van der Waals surface area contributed by atoms with Crippen molar-refractivity contribution < 1.29 is 14.6 Å². The van der Waals surface area contributed by atoms with Crippen LogP contribution < -0.4 is 10.1 Å². The van der Waals surface area contributed by atoms with E-state index in [1.165, 1.54) is 5.56 Å². The summed E-state index contributed by atoms with van der Waals surface area (Å²) in [6, 6.07) is 8.28. The largest absolute Gasteiger partial charge is 0.491 e. The van der Waals surface area contributed by atoms with Crippen molar-refractivity contribution in [1.29, 1.82) is 0 Å². The molecule has 2 atom stereocenters. The second-order valence-corrected chi connectivity index (χ2v) is 5.92. The molecule has 1 fully saturated rings. The first-order valence-electron chi connectivity index (χ1n) is 7.84. The maximum Gasteiger partial charge on any atom is 0.119 e. The molecule has 1 aromatic carbocycles. The van der Waals surface area contributed by atoms with Crippen molar-refractivity contribution in [3.8, 4) is 5.75 Å². The van der Waals surface area contributed by atoms with Crippen molar-refractivity contribution in [2.45, 2.75) is 38.8 Å². The van der Waals surface area contributed by atoms with Gasteiger partial charge in [-0.05, 0) is 44.7 Å². The van der Waals surface area contributed by atoms with Crippen molar-refractivity contribution in [3.63, 3.8) is 0 Å². The van der Waals surface area contributed by atoms with E-state index in [4.69, 9.17) is 9.47 Å². The van der Waals surface area contributed by atoms with E-state index < -0.39 is 6.10 Å². The Morgan fingerprint density at radius 1 is 1.29 bits per heavy atom. The molecule has 1 aromatic rings. The molecule has 0 saturated carbocycles. The van der Waals surface area contributed by atoms with Gasteiger partial charge in [-0.25, -0.2) is 0 Å². The molecule has 0 radical (unpaired) electrons. The number of aliphatic hydroxyl groups excluding tert-OH is 1. The number of benzene rings is 1. The zero-order valence-electron chi connectivity index (χ0n) is 13.0. The number of rotatable bonds is 7. The van der Waals surface area contributed by atoms with E-state index >= 15 is 0 Å². The van der Waals surface area contributed by atoms with Crippen LogP contribution >= 0.6 is 0 Å². The molecule has 2 rings (SSSR count). The minimum Gasteiger partial charge on any atom is -0.491 e. The molecular formula is C17H27NO3. The second-order valence-electron chi connectivity index (χ2n) is 5.92. The van der Waals surface area contributed by atoms with E-state index in [1.54, 1.807) is 0 Å². The van der Waals surface area contributed by atoms with Gasteiger partial charge in [-0.1, -0.05) is 17.7 Å². The summed E-state index contributed by atoms with van der Waals surface area (Å²) in [4.78, 5) is 0. The number of hydrogen-bond acceptors (Lipinski definition) is 4. The molecule has 1 heterocycles. The smallest absolute Gasteiger partial charge is 0.119 e. The van der Waals surface area contributed by atoms with Crippen LogP contribution in [0, 0.1) is 12.8 Å². The summed E-state index contributed by atoms with van der Waals surface area (Å²) in [6.45, 7) is 6.82. The molecule has 0 aromatic heterocycles. The molecule has 118 valence electrons. The zero-order chi connectivity index (χ0) is 15.1. The molecule has 1 aliphatic rings. The fraction of sp³-hybridized carbons (Fsp3) is 0.647. The third-order valence-electron chi connectivity index (χ3n) is 4.11. The highest BCUT2D eigenvalue weighted by atomic mass is 16.5. The van der Waals surface area contributed by atoms with Crippen molar-refractivity contribution in [2.75, 3.05) is 26.4 Å². The zero-order valence-corrected chi connectivity index (χ0v) is 13.0. The molecule has 4 heteroatoms. The molecule has 0 amide bonds. The molecule has 1 saturated heterocycles. The third kappa shape index (κ3) is 5.65. The monoisotopic (exact) mass is 293 g/mol. The van der Waals surface area contributed by atoms with E-state index in [1.807, 2.05) is 31.2 Å². The molecule has 4 nitrogen and oxygen atoms in total. The first-order valence-corrected chi connectivity index (χ1v) is 7.84. The number of ether oxygens (including phenoxy) is 2. The molecule has 0 aliphatic carbocycles. The van der Waals surface area contributed by atoms with Crippen LogP contribution in [-0.4, -0.2) is 43.6 Å². The maximum atomic E-state index is 10.0. The van der Waals surface area contributed by atoms with Crippen LogP contribution in [0.15, 0.2) is 24.3 Å². The Hall–Kier alpha value is -1.10. The van der Waals surface area contributed by atoms with Gasteiger partial charge in [-0.3, -0.25) is 0 Å². The van der Waals surface area contributed by atoms with Crippen LogP contribution in [0.1, 0.15) is 25.3 Å². The molecule has 2 N–H and O–H groups in total. The number of nitrogens with one attached hydrogen (secondary N) is 1. The Kier molecular flexibility index (Phi) is 6.49. The average molecular weight is 293 g/mol. The second kappa shape index (κ2) is 8.37. The lowest BCUT2D eigenvalue weighted by atomic mass is 9.93. The molecule has 1 aliphatic heterocycles. The van der Waals surface area contributed by atoms with Gasteiger partial charge in [-0.15, -0.1) is 0 Å². The summed E-state index contributed by atoms with van der Waals surface area (Å²) in [5.74, 6) is 1.45. The lowest BCUT2D eigenvalue weighted by Gasteiger charge is -2.29. The highest BCUT2D eigenvalue weighted by Crippen LogP contribution is 2.18. The average Bonchev–Trinajstić information content (AvgIpc) is 2.53. The Labute approximate surface area is 127 Å².